The summed E-state index contributed by atoms with van der Waals surface area (Å²) in [6.07, 6.45) is 1.88. The number of para-hydroxylation sites is 1. The van der Waals surface area contributed by atoms with Crippen molar-refractivity contribution in [2.24, 2.45) is 0 Å². The van der Waals surface area contributed by atoms with Crippen molar-refractivity contribution in [3.05, 3.63) is 47.4 Å². The number of ether oxygens (including phenoxy) is 2. The quantitative estimate of drug-likeness (QED) is 0.783. The zero-order valence-electron chi connectivity index (χ0n) is 15.7. The lowest BCUT2D eigenvalue weighted by molar-refractivity contribution is 0.128. The van der Waals surface area contributed by atoms with Gasteiger partial charge in [-0.2, -0.15) is 0 Å². The molecule has 0 unspecified atom stereocenters. The van der Waals surface area contributed by atoms with Crippen molar-refractivity contribution in [2.45, 2.75) is 26.4 Å². The van der Waals surface area contributed by atoms with E-state index in [1.54, 1.807) is 0 Å². The molecule has 6 heteroatoms. The molecule has 0 spiro atoms. The minimum atomic E-state index is 0.457. The molecule has 1 aliphatic rings. The van der Waals surface area contributed by atoms with Crippen LogP contribution in [-0.4, -0.2) is 49.9 Å². The molecular weight excluding hydrogens is 328 g/mol. The summed E-state index contributed by atoms with van der Waals surface area (Å²) in [7, 11) is 2.07. The fourth-order valence-corrected chi connectivity index (χ4v) is 3.07. The molecule has 3 rings (SSSR count). The number of anilines is 1. The molecule has 0 fully saturated rings. The molecule has 1 N–H and O–H groups in total. The van der Waals surface area contributed by atoms with Crippen molar-refractivity contribution in [2.75, 3.05) is 44.8 Å². The first kappa shape index (κ1) is 18.6. The number of hydrogen-bond donors (Lipinski definition) is 1. The van der Waals surface area contributed by atoms with Gasteiger partial charge in [0.1, 0.15) is 24.8 Å². The van der Waals surface area contributed by atoms with Gasteiger partial charge < -0.3 is 19.7 Å². The van der Waals surface area contributed by atoms with Crippen LogP contribution in [0.2, 0.25) is 0 Å². The molecular formula is C20H28N4O2. The minimum Gasteiger partial charge on any atom is -0.492 e. The van der Waals surface area contributed by atoms with Gasteiger partial charge in [0.25, 0.3) is 0 Å². The lowest BCUT2D eigenvalue weighted by atomic mass is 10.1. The van der Waals surface area contributed by atoms with Crippen molar-refractivity contribution >= 4 is 5.82 Å². The molecule has 0 atom stereocenters. The lowest BCUT2D eigenvalue weighted by Crippen LogP contribution is -2.27. The van der Waals surface area contributed by atoms with E-state index in [1.165, 1.54) is 5.56 Å². The van der Waals surface area contributed by atoms with Gasteiger partial charge in [-0.3, -0.25) is 0 Å². The lowest BCUT2D eigenvalue weighted by Gasteiger charge is -2.23. The molecule has 1 aliphatic heterocycles. The van der Waals surface area contributed by atoms with E-state index in [-0.39, 0.29) is 0 Å². The molecule has 2 aromatic rings. The highest BCUT2D eigenvalue weighted by atomic mass is 16.5. The van der Waals surface area contributed by atoms with Crippen LogP contribution >= 0.6 is 0 Å². The fourth-order valence-electron chi connectivity index (χ4n) is 3.07. The molecule has 0 amide bonds. The highest BCUT2D eigenvalue weighted by Gasteiger charge is 2.19. The molecule has 6 nitrogen and oxygen atoms in total. The van der Waals surface area contributed by atoms with E-state index < -0.39 is 0 Å². The second-order valence-electron chi connectivity index (χ2n) is 6.36. The Morgan fingerprint density at radius 1 is 1.12 bits per heavy atom. The van der Waals surface area contributed by atoms with Gasteiger partial charge in [0, 0.05) is 32.2 Å². The van der Waals surface area contributed by atoms with Gasteiger partial charge >= 0.3 is 0 Å². The van der Waals surface area contributed by atoms with Crippen LogP contribution in [-0.2, 0) is 24.2 Å². The first-order chi connectivity index (χ1) is 12.8. The number of fused-ring (bicyclic) bond motifs is 1. The standard InChI is InChI=1S/C20H28N4O2/c1-3-25-15-19-22-18-10-12-21-11-9-17(18)20(23-19)24(2)13-14-26-16-7-5-4-6-8-16/h4-8,21H,3,9-15H2,1-2H3. The molecule has 0 radical (unpaired) electrons. The predicted octanol–water partition coefficient (Wildman–Crippen LogP) is 2.22. The van der Waals surface area contributed by atoms with Crippen LogP contribution < -0.4 is 15.0 Å². The van der Waals surface area contributed by atoms with E-state index in [0.29, 0.717) is 19.8 Å². The molecule has 1 aromatic heterocycles. The van der Waals surface area contributed by atoms with Crippen LogP contribution in [0.3, 0.4) is 0 Å². The maximum Gasteiger partial charge on any atom is 0.156 e. The fraction of sp³-hybridized carbons (Fsp3) is 0.500. The number of benzene rings is 1. The smallest absolute Gasteiger partial charge is 0.156 e. The molecule has 0 bridgehead atoms. The van der Waals surface area contributed by atoms with E-state index in [1.807, 2.05) is 37.3 Å². The van der Waals surface area contributed by atoms with Crippen molar-refractivity contribution in [3.63, 3.8) is 0 Å². The van der Waals surface area contributed by atoms with Crippen molar-refractivity contribution in [1.82, 2.24) is 15.3 Å². The third-order valence-electron chi connectivity index (χ3n) is 4.44. The van der Waals surface area contributed by atoms with E-state index >= 15 is 0 Å². The minimum absolute atomic E-state index is 0.457. The van der Waals surface area contributed by atoms with E-state index in [4.69, 9.17) is 19.4 Å². The van der Waals surface area contributed by atoms with Gasteiger partial charge in [-0.05, 0) is 32.0 Å². The van der Waals surface area contributed by atoms with Gasteiger partial charge in [-0.15, -0.1) is 0 Å². The summed E-state index contributed by atoms with van der Waals surface area (Å²) < 4.78 is 11.4. The molecule has 1 aromatic carbocycles. The molecule has 26 heavy (non-hydrogen) atoms. The number of hydrogen-bond acceptors (Lipinski definition) is 6. The van der Waals surface area contributed by atoms with Crippen molar-refractivity contribution < 1.29 is 9.47 Å². The normalized spacial score (nSPS) is 13.8. The van der Waals surface area contributed by atoms with Crippen LogP contribution in [0, 0.1) is 0 Å². The van der Waals surface area contributed by atoms with E-state index in [9.17, 15) is 0 Å². The molecule has 2 heterocycles. The molecule has 0 saturated carbocycles. The number of aromatic nitrogens is 2. The predicted molar refractivity (Wildman–Crippen MR) is 103 cm³/mol. The Labute approximate surface area is 155 Å². The maximum atomic E-state index is 5.84. The Bertz CT molecular complexity index is 694. The molecule has 0 saturated heterocycles. The highest BCUT2D eigenvalue weighted by molar-refractivity contribution is 5.49. The van der Waals surface area contributed by atoms with Gasteiger partial charge in [0.2, 0.25) is 0 Å². The van der Waals surface area contributed by atoms with Crippen molar-refractivity contribution in [3.8, 4) is 5.75 Å². The Morgan fingerprint density at radius 3 is 2.73 bits per heavy atom. The monoisotopic (exact) mass is 356 g/mol. The van der Waals surface area contributed by atoms with Gasteiger partial charge in [0.05, 0.1) is 12.2 Å². The summed E-state index contributed by atoms with van der Waals surface area (Å²) in [5.74, 6) is 2.66. The summed E-state index contributed by atoms with van der Waals surface area (Å²) in [6, 6.07) is 9.90. The van der Waals surface area contributed by atoms with E-state index in [2.05, 4.69) is 17.3 Å². The zero-order valence-corrected chi connectivity index (χ0v) is 15.7. The largest absolute Gasteiger partial charge is 0.492 e. The summed E-state index contributed by atoms with van der Waals surface area (Å²) in [5, 5.41) is 3.45. The Balaban J connectivity index is 1.73. The van der Waals surface area contributed by atoms with Gasteiger partial charge in [-0.1, -0.05) is 18.2 Å². The Morgan fingerprint density at radius 2 is 1.92 bits per heavy atom. The van der Waals surface area contributed by atoms with Gasteiger partial charge in [0.15, 0.2) is 5.82 Å². The number of nitrogens with one attached hydrogen (secondary N) is 1. The first-order valence-corrected chi connectivity index (χ1v) is 9.34. The summed E-state index contributed by atoms with van der Waals surface area (Å²) in [4.78, 5) is 11.7. The second kappa shape index (κ2) is 9.50. The molecule has 140 valence electrons. The van der Waals surface area contributed by atoms with Gasteiger partial charge in [-0.25, -0.2) is 9.97 Å². The average Bonchev–Trinajstić information content (AvgIpc) is 2.92. The third kappa shape index (κ3) is 4.93. The summed E-state index contributed by atoms with van der Waals surface area (Å²) in [5.41, 5.74) is 2.39. The van der Waals surface area contributed by atoms with E-state index in [0.717, 1.165) is 55.6 Å². The number of nitrogens with zero attached hydrogens (tertiary/aromatic N) is 3. The van der Waals surface area contributed by atoms with Crippen molar-refractivity contribution in [1.29, 1.82) is 0 Å². The number of likely N-dealkylation sites (N-methyl/N-ethyl adjacent to an activating group) is 1. The second-order valence-corrected chi connectivity index (χ2v) is 6.36. The van der Waals surface area contributed by atoms with Crippen LogP contribution in [0.25, 0.3) is 0 Å². The summed E-state index contributed by atoms with van der Waals surface area (Å²) >= 11 is 0. The zero-order chi connectivity index (χ0) is 18.2. The average molecular weight is 356 g/mol. The SMILES string of the molecule is CCOCc1nc2c(c(N(C)CCOc3ccccc3)n1)CCNCC2. The maximum absolute atomic E-state index is 5.84. The Kier molecular flexibility index (Phi) is 6.80. The van der Waals surface area contributed by atoms with Crippen LogP contribution in [0.15, 0.2) is 30.3 Å². The first-order valence-electron chi connectivity index (χ1n) is 9.34. The highest BCUT2D eigenvalue weighted by Crippen LogP contribution is 2.23. The van der Waals surface area contributed by atoms with Crippen LogP contribution in [0.5, 0.6) is 5.75 Å². The Hall–Kier alpha value is -2.18. The number of rotatable bonds is 8. The third-order valence-corrected chi connectivity index (χ3v) is 4.44. The van der Waals surface area contributed by atoms with Crippen LogP contribution in [0.4, 0.5) is 5.82 Å². The van der Waals surface area contributed by atoms with Crippen LogP contribution in [0.1, 0.15) is 24.0 Å². The topological polar surface area (TPSA) is 59.5 Å². The summed E-state index contributed by atoms with van der Waals surface area (Å²) in [6.45, 7) is 6.40. The molecule has 0 aliphatic carbocycles.